The van der Waals surface area contributed by atoms with E-state index < -0.39 is 0 Å². The first-order valence-corrected chi connectivity index (χ1v) is 11.3. The first kappa shape index (κ1) is 16.2. The van der Waals surface area contributed by atoms with Gasteiger partial charge in [0.05, 0.1) is 0 Å². The monoisotopic (exact) mass is 375 g/mol. The van der Waals surface area contributed by atoms with Crippen molar-refractivity contribution in [2.45, 2.75) is 54.8 Å². The number of H-pyrrole nitrogens is 1. The minimum absolute atomic E-state index is 0.306. The summed E-state index contributed by atoms with van der Waals surface area (Å²) >= 11 is 1.76. The molecule has 0 atom stereocenters. The maximum atomic E-state index is 4.99. The first-order chi connectivity index (χ1) is 13.3. The lowest BCUT2D eigenvalue weighted by Gasteiger charge is -2.55. The summed E-state index contributed by atoms with van der Waals surface area (Å²) in [7, 11) is 0. The molecule has 0 aliphatic heterocycles. The van der Waals surface area contributed by atoms with Crippen LogP contribution in [-0.2, 0) is 11.2 Å². The number of fused-ring (bicyclic) bond motifs is 1. The van der Waals surface area contributed by atoms with Crippen LogP contribution in [0, 0.1) is 17.8 Å². The van der Waals surface area contributed by atoms with Gasteiger partial charge >= 0.3 is 0 Å². The first-order valence-electron chi connectivity index (χ1n) is 10.3. The Morgan fingerprint density at radius 1 is 0.926 bits per heavy atom. The van der Waals surface area contributed by atoms with Crippen LogP contribution in [0.4, 0.5) is 0 Å². The van der Waals surface area contributed by atoms with Gasteiger partial charge in [0, 0.05) is 11.2 Å². The van der Waals surface area contributed by atoms with Gasteiger partial charge in [0.15, 0.2) is 0 Å². The Kier molecular flexibility index (Phi) is 3.65. The van der Waals surface area contributed by atoms with E-state index in [2.05, 4.69) is 52.7 Å². The van der Waals surface area contributed by atoms with Crippen LogP contribution in [0.5, 0.6) is 0 Å². The molecule has 7 rings (SSSR count). The molecule has 0 spiro atoms. The molecule has 0 saturated heterocycles. The second-order valence-electron chi connectivity index (χ2n) is 9.09. The van der Waals surface area contributed by atoms with Gasteiger partial charge in [-0.3, -0.25) is 5.10 Å². The minimum Gasteiger partial charge on any atom is -0.262 e. The molecule has 0 unspecified atom stereocenters. The van der Waals surface area contributed by atoms with Crippen LogP contribution in [0.2, 0.25) is 0 Å². The number of hydrogen-bond acceptors (Lipinski definition) is 3. The Morgan fingerprint density at radius 3 is 2.41 bits per heavy atom. The second-order valence-corrected chi connectivity index (χ2v) is 10.0. The van der Waals surface area contributed by atoms with Crippen LogP contribution < -0.4 is 0 Å². The molecule has 0 amide bonds. The SMILES string of the molecule is c1ccc2c(CSc3n[nH]c(C45CC6CC(CC(C6)C4)C5)n3)cccc2c1. The Balaban J connectivity index is 1.23. The minimum atomic E-state index is 0.306. The summed E-state index contributed by atoms with van der Waals surface area (Å²) in [5, 5.41) is 11.5. The summed E-state index contributed by atoms with van der Waals surface area (Å²) in [4.78, 5) is 4.99. The lowest BCUT2D eigenvalue weighted by atomic mass is 9.49. The third-order valence-corrected chi connectivity index (χ3v) is 8.14. The summed E-state index contributed by atoms with van der Waals surface area (Å²) in [5.41, 5.74) is 1.67. The van der Waals surface area contributed by atoms with Crippen molar-refractivity contribution in [3.8, 4) is 0 Å². The maximum Gasteiger partial charge on any atom is 0.208 e. The van der Waals surface area contributed by atoms with Crippen molar-refractivity contribution in [1.82, 2.24) is 15.2 Å². The number of aromatic nitrogens is 3. The second kappa shape index (κ2) is 6.10. The topological polar surface area (TPSA) is 41.6 Å². The van der Waals surface area contributed by atoms with Crippen molar-refractivity contribution in [1.29, 1.82) is 0 Å². The molecule has 3 nitrogen and oxygen atoms in total. The van der Waals surface area contributed by atoms with Crippen LogP contribution in [-0.4, -0.2) is 15.2 Å². The number of thioether (sulfide) groups is 1. The lowest BCUT2D eigenvalue weighted by molar-refractivity contribution is -0.00931. The number of rotatable bonds is 4. The average molecular weight is 376 g/mol. The van der Waals surface area contributed by atoms with Gasteiger partial charge in [0.2, 0.25) is 5.16 Å². The van der Waals surface area contributed by atoms with Gasteiger partial charge < -0.3 is 0 Å². The molecule has 3 aromatic rings. The Bertz CT molecular complexity index is 951. The normalized spacial score (nSPS) is 31.6. The highest BCUT2D eigenvalue weighted by Crippen LogP contribution is 2.60. The highest BCUT2D eigenvalue weighted by Gasteiger charge is 2.53. The standard InChI is InChI=1S/C23H25N3S/c1-2-7-20-18(4-1)5-3-6-19(20)14-27-22-24-21(25-26-22)23-11-15-8-16(12-23)10-17(9-15)13-23/h1-7,15-17H,8-14H2,(H,24,25,26). The molecular weight excluding hydrogens is 350 g/mol. The van der Waals surface area contributed by atoms with Crippen LogP contribution in [0.15, 0.2) is 47.6 Å². The smallest absolute Gasteiger partial charge is 0.208 e. The number of benzene rings is 2. The van der Waals surface area contributed by atoms with E-state index in [0.717, 1.165) is 28.7 Å². The zero-order valence-corrected chi connectivity index (χ0v) is 16.3. The van der Waals surface area contributed by atoms with Crippen molar-refractivity contribution in [2.24, 2.45) is 17.8 Å². The molecule has 1 N–H and O–H groups in total. The molecule has 4 bridgehead atoms. The Morgan fingerprint density at radius 2 is 1.63 bits per heavy atom. The van der Waals surface area contributed by atoms with E-state index in [1.165, 1.54) is 60.7 Å². The van der Waals surface area contributed by atoms with Gasteiger partial charge in [-0.25, -0.2) is 4.98 Å². The molecule has 1 aromatic heterocycles. The zero-order chi connectivity index (χ0) is 17.8. The van der Waals surface area contributed by atoms with E-state index in [9.17, 15) is 0 Å². The van der Waals surface area contributed by atoms with Crippen LogP contribution in [0.25, 0.3) is 10.8 Å². The zero-order valence-electron chi connectivity index (χ0n) is 15.5. The van der Waals surface area contributed by atoms with Gasteiger partial charge in [-0.05, 0) is 72.6 Å². The van der Waals surface area contributed by atoms with Gasteiger partial charge in [0.25, 0.3) is 0 Å². The fourth-order valence-electron chi connectivity index (χ4n) is 6.51. The third kappa shape index (κ3) is 2.72. The molecule has 1 heterocycles. The predicted molar refractivity (Wildman–Crippen MR) is 110 cm³/mol. The molecular formula is C23H25N3S. The van der Waals surface area contributed by atoms with E-state index in [-0.39, 0.29) is 0 Å². The number of aromatic amines is 1. The van der Waals surface area contributed by atoms with Gasteiger partial charge in [-0.2, -0.15) is 0 Å². The largest absolute Gasteiger partial charge is 0.262 e. The summed E-state index contributed by atoms with van der Waals surface area (Å²) in [5.74, 6) is 4.91. The van der Waals surface area contributed by atoms with E-state index >= 15 is 0 Å². The van der Waals surface area contributed by atoms with E-state index in [1.54, 1.807) is 11.8 Å². The molecule has 4 aliphatic rings. The fraction of sp³-hybridized carbons (Fsp3) is 0.478. The summed E-state index contributed by atoms with van der Waals surface area (Å²) in [6.07, 6.45) is 8.41. The van der Waals surface area contributed by atoms with Crippen LogP contribution in [0.1, 0.15) is 49.9 Å². The maximum absolute atomic E-state index is 4.99. The number of hydrogen-bond donors (Lipinski definition) is 1. The molecule has 27 heavy (non-hydrogen) atoms. The summed E-state index contributed by atoms with van der Waals surface area (Å²) in [6.45, 7) is 0. The van der Waals surface area contributed by atoms with Crippen molar-refractivity contribution >= 4 is 22.5 Å². The predicted octanol–water partition coefficient (Wildman–Crippen LogP) is 5.72. The number of nitrogens with one attached hydrogen (secondary N) is 1. The van der Waals surface area contributed by atoms with Gasteiger partial charge in [0.1, 0.15) is 5.82 Å². The average Bonchev–Trinajstić information content (AvgIpc) is 3.15. The molecule has 2 aromatic carbocycles. The van der Waals surface area contributed by atoms with Gasteiger partial charge in [-0.15, -0.1) is 5.10 Å². The van der Waals surface area contributed by atoms with Crippen molar-refractivity contribution < 1.29 is 0 Å². The molecule has 4 saturated carbocycles. The number of nitrogens with zero attached hydrogens (tertiary/aromatic N) is 2. The third-order valence-electron chi connectivity index (χ3n) is 7.24. The van der Waals surface area contributed by atoms with E-state index in [0.29, 0.717) is 5.41 Å². The molecule has 4 aliphatic carbocycles. The Labute approximate surface area is 164 Å². The van der Waals surface area contributed by atoms with E-state index in [4.69, 9.17) is 4.98 Å². The van der Waals surface area contributed by atoms with Crippen LogP contribution in [0.3, 0.4) is 0 Å². The quantitative estimate of drug-likeness (QED) is 0.593. The highest BCUT2D eigenvalue weighted by molar-refractivity contribution is 7.98. The lowest BCUT2D eigenvalue weighted by Crippen LogP contribution is -2.49. The van der Waals surface area contributed by atoms with Crippen molar-refractivity contribution in [2.75, 3.05) is 0 Å². The van der Waals surface area contributed by atoms with Crippen molar-refractivity contribution in [3.05, 3.63) is 53.9 Å². The Hall–Kier alpha value is -1.81. The summed E-state index contributed by atoms with van der Waals surface area (Å²) in [6, 6.07) is 15.2. The van der Waals surface area contributed by atoms with Gasteiger partial charge in [-0.1, -0.05) is 54.2 Å². The van der Waals surface area contributed by atoms with Crippen molar-refractivity contribution in [3.63, 3.8) is 0 Å². The van der Waals surface area contributed by atoms with E-state index in [1.807, 2.05) is 0 Å². The van der Waals surface area contributed by atoms with Crippen LogP contribution >= 0.6 is 11.8 Å². The fourth-order valence-corrected chi connectivity index (χ4v) is 7.31. The molecule has 0 radical (unpaired) electrons. The molecule has 4 heteroatoms. The summed E-state index contributed by atoms with van der Waals surface area (Å²) < 4.78 is 0. The molecule has 4 fully saturated rings. The molecule has 138 valence electrons. The highest BCUT2D eigenvalue weighted by atomic mass is 32.2.